The third-order valence-electron chi connectivity index (χ3n) is 4.08. The fraction of sp³-hybridized carbons (Fsp3) is 0.0476. The van der Waals surface area contributed by atoms with Crippen molar-refractivity contribution in [1.82, 2.24) is 9.97 Å². The minimum absolute atomic E-state index is 0.331. The van der Waals surface area contributed by atoms with Gasteiger partial charge in [0, 0.05) is 21.2 Å². The molecule has 0 saturated carbocycles. The third kappa shape index (κ3) is 4.27. The Kier molecular flexibility index (Phi) is 5.46. The van der Waals surface area contributed by atoms with E-state index in [1.54, 1.807) is 18.3 Å². The molecule has 0 bridgehead atoms. The molecule has 140 valence electrons. The molecule has 0 saturated heterocycles. The summed E-state index contributed by atoms with van der Waals surface area (Å²) in [6.07, 6.45) is 1.69. The topological polar surface area (TPSA) is 62.3 Å². The van der Waals surface area contributed by atoms with Crippen LogP contribution in [0, 0.1) is 0 Å². The Balaban J connectivity index is 1.45. The Bertz CT molecular complexity index is 1110. The normalized spacial score (nSPS) is 11.2. The molecule has 0 aliphatic rings. The second kappa shape index (κ2) is 8.33. The molecule has 4 aromatic rings. The van der Waals surface area contributed by atoms with Gasteiger partial charge in [-0.1, -0.05) is 53.5 Å². The van der Waals surface area contributed by atoms with Gasteiger partial charge < -0.3 is 9.72 Å². The molecule has 0 amide bonds. The number of hydrogen-bond donors (Lipinski definition) is 2. The van der Waals surface area contributed by atoms with Crippen molar-refractivity contribution in [2.45, 2.75) is 6.61 Å². The Hall–Kier alpha value is -3.02. The quantitative estimate of drug-likeness (QED) is 0.307. The molecule has 7 heteroatoms. The van der Waals surface area contributed by atoms with Crippen LogP contribution in [-0.4, -0.2) is 16.2 Å². The largest absolute Gasteiger partial charge is 0.488 e. The van der Waals surface area contributed by atoms with E-state index in [0.29, 0.717) is 28.3 Å². The number of fused-ring (bicyclic) bond motifs is 1. The summed E-state index contributed by atoms with van der Waals surface area (Å²) in [6.45, 7) is 0.331. The van der Waals surface area contributed by atoms with Gasteiger partial charge in [0.2, 0.25) is 5.95 Å². The van der Waals surface area contributed by atoms with Crippen molar-refractivity contribution in [2.75, 3.05) is 5.43 Å². The summed E-state index contributed by atoms with van der Waals surface area (Å²) >= 11 is 12.1. The SMILES string of the molecule is Clc1ccc(COc2ccccc2/C=N/Nc2nc3ccccc3[nH]2)c(Cl)c1. The van der Waals surface area contributed by atoms with Gasteiger partial charge in [-0.3, -0.25) is 0 Å². The maximum atomic E-state index is 6.21. The number of hydrazone groups is 1. The molecule has 3 aromatic carbocycles. The van der Waals surface area contributed by atoms with Crippen LogP contribution in [0.25, 0.3) is 11.0 Å². The van der Waals surface area contributed by atoms with Crippen LogP contribution in [0.1, 0.15) is 11.1 Å². The molecule has 28 heavy (non-hydrogen) atoms. The summed E-state index contributed by atoms with van der Waals surface area (Å²) < 4.78 is 5.92. The Morgan fingerprint density at radius 1 is 1.04 bits per heavy atom. The number of hydrogen-bond acceptors (Lipinski definition) is 4. The molecule has 1 heterocycles. The molecular weight excluding hydrogens is 395 g/mol. The second-order valence-corrected chi connectivity index (χ2v) is 6.88. The van der Waals surface area contributed by atoms with Gasteiger partial charge in [0.25, 0.3) is 0 Å². The Morgan fingerprint density at radius 2 is 1.86 bits per heavy atom. The van der Waals surface area contributed by atoms with Crippen molar-refractivity contribution in [3.63, 3.8) is 0 Å². The van der Waals surface area contributed by atoms with Crippen LogP contribution in [0.3, 0.4) is 0 Å². The number of imidazole rings is 1. The second-order valence-electron chi connectivity index (χ2n) is 6.03. The molecule has 2 N–H and O–H groups in total. The molecule has 0 fully saturated rings. The van der Waals surface area contributed by atoms with Crippen molar-refractivity contribution >= 4 is 46.4 Å². The molecule has 0 aliphatic heterocycles. The predicted molar refractivity (Wildman–Crippen MR) is 115 cm³/mol. The highest BCUT2D eigenvalue weighted by Crippen LogP contribution is 2.24. The first-order chi connectivity index (χ1) is 13.7. The summed E-state index contributed by atoms with van der Waals surface area (Å²) in [5, 5.41) is 5.43. The first-order valence-corrected chi connectivity index (χ1v) is 9.34. The molecule has 0 spiro atoms. The summed E-state index contributed by atoms with van der Waals surface area (Å²) in [5.74, 6) is 1.27. The molecule has 0 unspecified atom stereocenters. The highest BCUT2D eigenvalue weighted by Gasteiger charge is 2.05. The molecule has 5 nitrogen and oxygen atoms in total. The zero-order chi connectivity index (χ0) is 19.3. The van der Waals surface area contributed by atoms with E-state index in [0.717, 1.165) is 22.2 Å². The Morgan fingerprint density at radius 3 is 2.71 bits per heavy atom. The summed E-state index contributed by atoms with van der Waals surface area (Å²) in [5.41, 5.74) is 6.43. The van der Waals surface area contributed by atoms with E-state index in [1.807, 2.05) is 54.6 Å². The smallest absolute Gasteiger partial charge is 0.222 e. The van der Waals surface area contributed by atoms with Crippen LogP contribution in [-0.2, 0) is 6.61 Å². The maximum Gasteiger partial charge on any atom is 0.222 e. The lowest BCUT2D eigenvalue weighted by molar-refractivity contribution is 0.306. The van der Waals surface area contributed by atoms with E-state index < -0.39 is 0 Å². The predicted octanol–water partition coefficient (Wildman–Crippen LogP) is 5.89. The minimum atomic E-state index is 0.331. The van der Waals surface area contributed by atoms with Gasteiger partial charge in [-0.15, -0.1) is 0 Å². The average Bonchev–Trinajstić information content (AvgIpc) is 3.11. The van der Waals surface area contributed by atoms with Crippen molar-refractivity contribution in [2.24, 2.45) is 5.10 Å². The van der Waals surface area contributed by atoms with Crippen molar-refractivity contribution in [1.29, 1.82) is 0 Å². The number of halogens is 2. The fourth-order valence-corrected chi connectivity index (χ4v) is 3.14. The van der Waals surface area contributed by atoms with Gasteiger partial charge in [0.05, 0.1) is 17.2 Å². The molecule has 0 radical (unpaired) electrons. The highest BCUT2D eigenvalue weighted by atomic mass is 35.5. The number of aromatic nitrogens is 2. The van der Waals surface area contributed by atoms with Gasteiger partial charge in [0.1, 0.15) is 12.4 Å². The fourth-order valence-electron chi connectivity index (χ4n) is 2.68. The maximum absolute atomic E-state index is 6.21. The van der Waals surface area contributed by atoms with Crippen LogP contribution in [0.2, 0.25) is 10.0 Å². The number of anilines is 1. The molecule has 0 atom stereocenters. The number of nitrogens with one attached hydrogen (secondary N) is 2. The van der Waals surface area contributed by atoms with Crippen LogP contribution in [0.15, 0.2) is 71.8 Å². The summed E-state index contributed by atoms with van der Waals surface area (Å²) in [7, 11) is 0. The number of nitrogens with zero attached hydrogens (tertiary/aromatic N) is 2. The molecule has 1 aromatic heterocycles. The third-order valence-corrected chi connectivity index (χ3v) is 4.67. The monoisotopic (exact) mass is 410 g/mol. The summed E-state index contributed by atoms with van der Waals surface area (Å²) in [4.78, 5) is 7.58. The van der Waals surface area contributed by atoms with Gasteiger partial charge in [-0.2, -0.15) is 5.10 Å². The number of aromatic amines is 1. The average molecular weight is 411 g/mol. The first-order valence-electron chi connectivity index (χ1n) is 8.58. The number of para-hydroxylation sites is 3. The van der Waals surface area contributed by atoms with Crippen LogP contribution < -0.4 is 10.2 Å². The highest BCUT2D eigenvalue weighted by molar-refractivity contribution is 6.35. The molecule has 4 rings (SSSR count). The zero-order valence-electron chi connectivity index (χ0n) is 14.7. The standard InChI is InChI=1S/C21H16Cl2N4O/c22-16-10-9-15(17(23)11-16)13-28-20-8-4-1-5-14(20)12-24-27-21-25-18-6-2-3-7-19(18)26-21/h1-12H,13H2,(H2,25,26,27)/b24-12+. The van der Waals surface area contributed by atoms with Gasteiger partial charge >= 0.3 is 0 Å². The van der Waals surface area contributed by atoms with E-state index in [9.17, 15) is 0 Å². The van der Waals surface area contributed by atoms with Crippen molar-refractivity contribution < 1.29 is 4.74 Å². The van der Waals surface area contributed by atoms with Crippen molar-refractivity contribution in [3.05, 3.63) is 87.9 Å². The van der Waals surface area contributed by atoms with E-state index in [2.05, 4.69) is 20.5 Å². The minimum Gasteiger partial charge on any atom is -0.488 e. The number of ether oxygens (including phenoxy) is 1. The van der Waals surface area contributed by atoms with Crippen LogP contribution in [0.5, 0.6) is 5.75 Å². The van der Waals surface area contributed by atoms with Crippen molar-refractivity contribution in [3.8, 4) is 5.75 Å². The lowest BCUT2D eigenvalue weighted by Crippen LogP contribution is -2.00. The summed E-state index contributed by atoms with van der Waals surface area (Å²) in [6, 6.07) is 20.8. The van der Waals surface area contributed by atoms with E-state index in [1.165, 1.54) is 0 Å². The first kappa shape index (κ1) is 18.3. The van der Waals surface area contributed by atoms with Gasteiger partial charge in [-0.05, 0) is 36.4 Å². The van der Waals surface area contributed by atoms with E-state index >= 15 is 0 Å². The zero-order valence-corrected chi connectivity index (χ0v) is 16.2. The lowest BCUT2D eigenvalue weighted by Gasteiger charge is -2.10. The Labute approximate surface area is 172 Å². The lowest BCUT2D eigenvalue weighted by atomic mass is 10.2. The number of rotatable bonds is 6. The van der Waals surface area contributed by atoms with Gasteiger partial charge in [0.15, 0.2) is 0 Å². The molecule has 0 aliphatic carbocycles. The van der Waals surface area contributed by atoms with Gasteiger partial charge in [-0.25, -0.2) is 10.4 Å². The number of benzene rings is 3. The molecular formula is C21H16Cl2N4O. The van der Waals surface area contributed by atoms with Crippen LogP contribution in [0.4, 0.5) is 5.95 Å². The van der Waals surface area contributed by atoms with Crippen LogP contribution >= 0.6 is 23.2 Å². The number of H-pyrrole nitrogens is 1. The van der Waals surface area contributed by atoms with E-state index in [-0.39, 0.29) is 0 Å². The van der Waals surface area contributed by atoms with E-state index in [4.69, 9.17) is 27.9 Å².